The fourth-order valence-electron chi connectivity index (χ4n) is 2.55. The van der Waals surface area contributed by atoms with Gasteiger partial charge in [0, 0.05) is 17.4 Å². The number of carbonyl (C=O) groups is 1. The van der Waals surface area contributed by atoms with Gasteiger partial charge in [-0.1, -0.05) is 6.08 Å². The standard InChI is InChI=1S/C14H22O3Si/c1-5-16-14(15)12-8-11-7-6-10(12)9-13(11)17-18(2,3)4/h8-11H,5-7H2,1-4H3. The normalized spacial score (nSPS) is 26.4. The van der Waals surface area contributed by atoms with Crippen molar-refractivity contribution in [3.8, 4) is 0 Å². The highest BCUT2D eigenvalue weighted by Crippen LogP contribution is 2.41. The number of allylic oxidation sites excluding steroid dienone is 2. The van der Waals surface area contributed by atoms with Gasteiger partial charge in [0.25, 0.3) is 0 Å². The number of hydrogen-bond acceptors (Lipinski definition) is 3. The Kier molecular flexibility index (Phi) is 3.66. The van der Waals surface area contributed by atoms with Crippen LogP contribution in [0, 0.1) is 11.8 Å². The molecule has 2 unspecified atom stereocenters. The lowest BCUT2D eigenvalue weighted by atomic mass is 9.75. The SMILES string of the molecule is CCOC(=O)C1=CC2CCC1C=C2O[Si](C)(C)C. The summed E-state index contributed by atoms with van der Waals surface area (Å²) in [5, 5.41) is 0. The number of rotatable bonds is 4. The Morgan fingerprint density at radius 2 is 1.94 bits per heavy atom. The van der Waals surface area contributed by atoms with Crippen LogP contribution in [0.3, 0.4) is 0 Å². The third-order valence-electron chi connectivity index (χ3n) is 3.23. The van der Waals surface area contributed by atoms with Crippen LogP contribution in [0.2, 0.25) is 19.6 Å². The first-order valence-electron chi connectivity index (χ1n) is 6.70. The lowest BCUT2D eigenvalue weighted by Crippen LogP contribution is -2.32. The lowest BCUT2D eigenvalue weighted by molar-refractivity contribution is -0.139. The van der Waals surface area contributed by atoms with Crippen molar-refractivity contribution >= 4 is 14.3 Å². The predicted molar refractivity (Wildman–Crippen MR) is 73.4 cm³/mol. The van der Waals surface area contributed by atoms with E-state index in [1.54, 1.807) is 0 Å². The molecular formula is C14H22O3Si. The average molecular weight is 266 g/mol. The second-order valence-electron chi connectivity index (χ2n) is 5.92. The second-order valence-corrected chi connectivity index (χ2v) is 10.3. The van der Waals surface area contributed by atoms with Gasteiger partial charge < -0.3 is 9.16 Å². The van der Waals surface area contributed by atoms with Crippen LogP contribution >= 0.6 is 0 Å². The van der Waals surface area contributed by atoms with Crippen LogP contribution < -0.4 is 0 Å². The monoisotopic (exact) mass is 266 g/mol. The Morgan fingerprint density at radius 3 is 2.44 bits per heavy atom. The van der Waals surface area contributed by atoms with Crippen LogP contribution in [-0.4, -0.2) is 20.9 Å². The minimum absolute atomic E-state index is 0.157. The van der Waals surface area contributed by atoms with Crippen molar-refractivity contribution in [2.75, 3.05) is 6.61 Å². The topological polar surface area (TPSA) is 35.5 Å². The summed E-state index contributed by atoms with van der Waals surface area (Å²) in [7, 11) is -1.56. The summed E-state index contributed by atoms with van der Waals surface area (Å²) in [6.07, 6.45) is 6.32. The first kappa shape index (κ1) is 13.4. The Bertz CT molecular complexity index is 404. The van der Waals surface area contributed by atoms with Gasteiger partial charge in [0.05, 0.1) is 12.4 Å². The predicted octanol–water partition coefficient (Wildman–Crippen LogP) is 3.25. The van der Waals surface area contributed by atoms with Crippen molar-refractivity contribution < 1.29 is 14.0 Å². The Morgan fingerprint density at radius 1 is 1.28 bits per heavy atom. The van der Waals surface area contributed by atoms with E-state index in [9.17, 15) is 4.79 Å². The van der Waals surface area contributed by atoms with Gasteiger partial charge in [-0.25, -0.2) is 4.79 Å². The fraction of sp³-hybridized carbons (Fsp3) is 0.643. The molecule has 0 N–H and O–H groups in total. The molecule has 4 heteroatoms. The van der Waals surface area contributed by atoms with E-state index in [-0.39, 0.29) is 17.8 Å². The maximum atomic E-state index is 11.8. The molecule has 0 amide bonds. The Labute approximate surface area is 110 Å². The summed E-state index contributed by atoms with van der Waals surface area (Å²) < 4.78 is 11.2. The molecule has 0 heterocycles. The number of carbonyl (C=O) groups excluding carboxylic acids is 1. The molecule has 0 spiro atoms. The third-order valence-corrected chi connectivity index (χ3v) is 4.08. The number of ether oxygens (including phenoxy) is 1. The molecule has 2 atom stereocenters. The van der Waals surface area contributed by atoms with Gasteiger partial charge in [0.1, 0.15) is 0 Å². The molecular weight excluding hydrogens is 244 g/mol. The van der Waals surface area contributed by atoms with Gasteiger partial charge in [0.15, 0.2) is 0 Å². The van der Waals surface area contributed by atoms with Crippen LogP contribution in [-0.2, 0) is 14.0 Å². The van der Waals surface area contributed by atoms with Crippen molar-refractivity contribution in [1.29, 1.82) is 0 Å². The molecule has 18 heavy (non-hydrogen) atoms. The first-order chi connectivity index (χ1) is 8.40. The van der Waals surface area contributed by atoms with E-state index in [1.165, 1.54) is 0 Å². The molecule has 0 saturated heterocycles. The Hall–Kier alpha value is -1.03. The van der Waals surface area contributed by atoms with E-state index in [0.717, 1.165) is 24.2 Å². The van der Waals surface area contributed by atoms with Crippen LogP contribution in [0.4, 0.5) is 0 Å². The molecule has 3 rings (SSSR count). The molecule has 0 aromatic carbocycles. The summed E-state index contributed by atoms with van der Waals surface area (Å²) >= 11 is 0. The molecule has 3 nitrogen and oxygen atoms in total. The summed E-state index contributed by atoms with van der Waals surface area (Å²) in [6, 6.07) is 0. The maximum Gasteiger partial charge on any atom is 0.334 e. The minimum Gasteiger partial charge on any atom is -0.547 e. The highest BCUT2D eigenvalue weighted by Gasteiger charge is 2.36. The van der Waals surface area contributed by atoms with Gasteiger partial charge in [-0.2, -0.15) is 0 Å². The largest absolute Gasteiger partial charge is 0.547 e. The van der Waals surface area contributed by atoms with Crippen molar-refractivity contribution in [3.05, 3.63) is 23.5 Å². The molecule has 3 aliphatic rings. The van der Waals surface area contributed by atoms with Crippen molar-refractivity contribution in [2.45, 2.75) is 39.4 Å². The first-order valence-corrected chi connectivity index (χ1v) is 10.1. The summed E-state index contributed by atoms with van der Waals surface area (Å²) in [4.78, 5) is 11.8. The van der Waals surface area contributed by atoms with E-state index in [0.29, 0.717) is 6.61 Å². The zero-order chi connectivity index (χ0) is 13.3. The molecule has 3 aliphatic carbocycles. The molecule has 100 valence electrons. The van der Waals surface area contributed by atoms with E-state index in [2.05, 4.69) is 31.8 Å². The quantitative estimate of drug-likeness (QED) is 0.579. The zero-order valence-corrected chi connectivity index (χ0v) is 12.7. The van der Waals surface area contributed by atoms with Crippen LogP contribution in [0.5, 0.6) is 0 Å². The van der Waals surface area contributed by atoms with Gasteiger partial charge in [-0.05, 0) is 45.5 Å². The van der Waals surface area contributed by atoms with Crippen LogP contribution in [0.1, 0.15) is 19.8 Å². The number of fused-ring (bicyclic) bond motifs is 1. The second kappa shape index (κ2) is 4.92. The van der Waals surface area contributed by atoms with Crippen molar-refractivity contribution in [1.82, 2.24) is 0 Å². The molecule has 0 radical (unpaired) electrons. The molecule has 0 aromatic heterocycles. The average Bonchev–Trinajstić information content (AvgIpc) is 2.27. The van der Waals surface area contributed by atoms with Crippen LogP contribution in [0.25, 0.3) is 0 Å². The summed E-state index contributed by atoms with van der Waals surface area (Å²) in [6.45, 7) is 8.84. The smallest absolute Gasteiger partial charge is 0.334 e. The number of esters is 1. The highest BCUT2D eigenvalue weighted by molar-refractivity contribution is 6.70. The lowest BCUT2D eigenvalue weighted by Gasteiger charge is -2.36. The van der Waals surface area contributed by atoms with E-state index < -0.39 is 8.32 Å². The fourth-order valence-corrected chi connectivity index (χ4v) is 3.48. The van der Waals surface area contributed by atoms with Gasteiger partial charge >= 0.3 is 5.97 Å². The van der Waals surface area contributed by atoms with E-state index in [1.807, 2.05) is 6.92 Å². The van der Waals surface area contributed by atoms with E-state index >= 15 is 0 Å². The molecule has 2 bridgehead atoms. The van der Waals surface area contributed by atoms with Gasteiger partial charge in [0.2, 0.25) is 8.32 Å². The highest BCUT2D eigenvalue weighted by atomic mass is 28.4. The number of hydrogen-bond donors (Lipinski definition) is 0. The zero-order valence-electron chi connectivity index (χ0n) is 11.7. The van der Waals surface area contributed by atoms with Crippen molar-refractivity contribution in [3.63, 3.8) is 0 Å². The molecule has 0 aromatic rings. The van der Waals surface area contributed by atoms with Crippen LogP contribution in [0.15, 0.2) is 23.5 Å². The molecule has 0 saturated carbocycles. The minimum atomic E-state index is -1.56. The van der Waals surface area contributed by atoms with Gasteiger partial charge in [-0.15, -0.1) is 0 Å². The van der Waals surface area contributed by atoms with E-state index in [4.69, 9.17) is 9.16 Å². The van der Waals surface area contributed by atoms with Gasteiger partial charge in [-0.3, -0.25) is 0 Å². The summed E-state index contributed by atoms with van der Waals surface area (Å²) in [5.41, 5.74) is 0.830. The van der Waals surface area contributed by atoms with Crippen molar-refractivity contribution in [2.24, 2.45) is 11.8 Å². The maximum absolute atomic E-state index is 11.8. The Balaban J connectivity index is 2.12. The molecule has 0 aliphatic heterocycles. The molecule has 0 fully saturated rings. The summed E-state index contributed by atoms with van der Waals surface area (Å²) in [5.74, 6) is 1.40. The third kappa shape index (κ3) is 2.86.